The molecule has 0 aliphatic heterocycles. The smallest absolute Gasteiger partial charge is 0.344 e. The fourth-order valence-corrected chi connectivity index (χ4v) is 1.82. The molecule has 0 N–H and O–H groups in total. The first kappa shape index (κ1) is 10.7. The lowest BCUT2D eigenvalue weighted by atomic mass is 10.1. The number of hydrogen-bond acceptors (Lipinski definition) is 3. The van der Waals surface area contributed by atoms with E-state index in [1.54, 1.807) is 36.7 Å². The van der Waals surface area contributed by atoms with Crippen LogP contribution >= 0.6 is 0 Å². The molecule has 0 fully saturated rings. The van der Waals surface area contributed by atoms with Crippen molar-refractivity contribution in [2.75, 3.05) is 0 Å². The lowest BCUT2D eigenvalue weighted by Gasteiger charge is -2.02. The second-order valence-corrected chi connectivity index (χ2v) is 3.87. The van der Waals surface area contributed by atoms with Gasteiger partial charge >= 0.3 is 5.63 Å². The number of benzene rings is 1. The molecule has 2 heterocycles. The van der Waals surface area contributed by atoms with Gasteiger partial charge in [0, 0.05) is 23.8 Å². The molecule has 4 heteroatoms. The summed E-state index contributed by atoms with van der Waals surface area (Å²) in [4.78, 5) is 15.7. The number of aromatic nitrogens is 1. The van der Waals surface area contributed by atoms with Gasteiger partial charge in [0.15, 0.2) is 0 Å². The third kappa shape index (κ3) is 1.78. The molecule has 0 aliphatic rings. The van der Waals surface area contributed by atoms with E-state index in [1.165, 1.54) is 12.1 Å². The van der Waals surface area contributed by atoms with Gasteiger partial charge in [-0.05, 0) is 35.9 Å². The van der Waals surface area contributed by atoms with Gasteiger partial charge < -0.3 is 4.42 Å². The van der Waals surface area contributed by atoms with Gasteiger partial charge in [0.2, 0.25) is 0 Å². The largest absolute Gasteiger partial charge is 0.422 e. The molecule has 3 nitrogen and oxygen atoms in total. The van der Waals surface area contributed by atoms with Gasteiger partial charge in [0.25, 0.3) is 0 Å². The predicted octanol–water partition coefficient (Wildman–Crippen LogP) is 2.99. The minimum Gasteiger partial charge on any atom is -0.422 e. The van der Waals surface area contributed by atoms with Gasteiger partial charge in [-0.3, -0.25) is 4.98 Å². The van der Waals surface area contributed by atoms with E-state index < -0.39 is 11.4 Å². The van der Waals surface area contributed by atoms with E-state index in [-0.39, 0.29) is 5.58 Å². The van der Waals surface area contributed by atoms with Crippen molar-refractivity contribution in [1.29, 1.82) is 0 Å². The highest BCUT2D eigenvalue weighted by molar-refractivity contribution is 5.81. The van der Waals surface area contributed by atoms with Crippen LogP contribution in [-0.2, 0) is 0 Å². The van der Waals surface area contributed by atoms with E-state index >= 15 is 0 Å². The zero-order valence-corrected chi connectivity index (χ0v) is 9.26. The van der Waals surface area contributed by atoms with Crippen molar-refractivity contribution in [3.05, 3.63) is 65.0 Å². The van der Waals surface area contributed by atoms with E-state index in [1.807, 2.05) is 0 Å². The molecule has 1 aromatic carbocycles. The van der Waals surface area contributed by atoms with Crippen LogP contribution < -0.4 is 5.63 Å². The van der Waals surface area contributed by atoms with Gasteiger partial charge in [-0.25, -0.2) is 9.18 Å². The lowest BCUT2D eigenvalue weighted by Crippen LogP contribution is -2.02. The highest BCUT2D eigenvalue weighted by atomic mass is 19.1. The van der Waals surface area contributed by atoms with E-state index in [4.69, 9.17) is 4.42 Å². The summed E-state index contributed by atoms with van der Waals surface area (Å²) in [6, 6.07) is 9.25. The van der Waals surface area contributed by atoms with Crippen LogP contribution in [-0.4, -0.2) is 4.98 Å². The van der Waals surface area contributed by atoms with Crippen molar-refractivity contribution in [1.82, 2.24) is 4.98 Å². The highest BCUT2D eigenvalue weighted by Crippen LogP contribution is 2.20. The maximum atomic E-state index is 13.0. The molecular formula is C14H8FNO2. The van der Waals surface area contributed by atoms with Crippen LogP contribution in [0.5, 0.6) is 0 Å². The molecule has 0 atom stereocenters. The van der Waals surface area contributed by atoms with Crippen LogP contribution in [0.4, 0.5) is 4.39 Å². The lowest BCUT2D eigenvalue weighted by molar-refractivity contribution is 0.556. The normalized spacial score (nSPS) is 10.7. The minimum absolute atomic E-state index is 0.248. The summed E-state index contributed by atoms with van der Waals surface area (Å²) in [5, 5.41) is 0.683. The van der Waals surface area contributed by atoms with Gasteiger partial charge in [0.05, 0.1) is 5.56 Å². The van der Waals surface area contributed by atoms with Gasteiger partial charge in [-0.2, -0.15) is 0 Å². The second-order valence-electron chi connectivity index (χ2n) is 3.87. The topological polar surface area (TPSA) is 43.1 Å². The monoisotopic (exact) mass is 241 g/mol. The molecule has 0 bridgehead atoms. The summed E-state index contributed by atoms with van der Waals surface area (Å²) in [6.07, 6.45) is 3.20. The number of nitrogens with zero attached hydrogens (tertiary/aromatic N) is 1. The molecular weight excluding hydrogens is 233 g/mol. The molecule has 0 radical (unpaired) electrons. The minimum atomic E-state index is -0.487. The Bertz CT molecular complexity index is 766. The Labute approximate surface area is 102 Å². The van der Waals surface area contributed by atoms with Gasteiger partial charge in [-0.1, -0.05) is 0 Å². The first-order chi connectivity index (χ1) is 8.74. The molecule has 3 rings (SSSR count). The highest BCUT2D eigenvalue weighted by Gasteiger charge is 2.07. The summed E-state index contributed by atoms with van der Waals surface area (Å²) < 4.78 is 18.1. The van der Waals surface area contributed by atoms with Crippen LogP contribution in [0.3, 0.4) is 0 Å². The summed E-state index contributed by atoms with van der Waals surface area (Å²) in [7, 11) is 0. The first-order valence-corrected chi connectivity index (χ1v) is 5.38. The van der Waals surface area contributed by atoms with E-state index in [9.17, 15) is 9.18 Å². The Morgan fingerprint density at radius 3 is 2.61 bits per heavy atom. The van der Waals surface area contributed by atoms with Crippen molar-refractivity contribution >= 4 is 11.0 Å². The molecule has 0 aliphatic carbocycles. The Kier molecular flexibility index (Phi) is 2.41. The van der Waals surface area contributed by atoms with Crippen LogP contribution in [0.1, 0.15) is 0 Å². The Morgan fingerprint density at radius 2 is 1.83 bits per heavy atom. The molecule has 0 saturated carbocycles. The van der Waals surface area contributed by atoms with Gasteiger partial charge in [0.1, 0.15) is 11.4 Å². The Hall–Kier alpha value is -2.49. The average molecular weight is 241 g/mol. The molecule has 0 saturated heterocycles. The van der Waals surface area contributed by atoms with Crippen LogP contribution in [0, 0.1) is 5.82 Å². The third-order valence-electron chi connectivity index (χ3n) is 2.69. The van der Waals surface area contributed by atoms with Crippen LogP contribution in [0.15, 0.2) is 58.0 Å². The first-order valence-electron chi connectivity index (χ1n) is 5.38. The quantitative estimate of drug-likeness (QED) is 0.615. The number of pyridine rings is 1. The molecule has 88 valence electrons. The maximum Gasteiger partial charge on any atom is 0.344 e. The van der Waals surface area contributed by atoms with Crippen molar-refractivity contribution < 1.29 is 8.81 Å². The summed E-state index contributed by atoms with van der Waals surface area (Å²) >= 11 is 0. The molecule has 0 amide bonds. The maximum absolute atomic E-state index is 13.0. The molecule has 3 aromatic rings. The van der Waals surface area contributed by atoms with Crippen molar-refractivity contribution in [2.45, 2.75) is 0 Å². The van der Waals surface area contributed by atoms with Crippen LogP contribution in [0.2, 0.25) is 0 Å². The molecule has 2 aromatic heterocycles. The number of halogens is 1. The zero-order valence-electron chi connectivity index (χ0n) is 9.26. The predicted molar refractivity (Wildman–Crippen MR) is 65.7 cm³/mol. The second kappa shape index (κ2) is 4.07. The standard InChI is InChI=1S/C14H8FNO2/c15-11-2-1-10-7-12(9-3-5-16-6-4-9)14(17)18-13(10)8-11/h1-8H. The molecule has 0 spiro atoms. The fraction of sp³-hybridized carbons (Fsp3) is 0. The number of fused-ring (bicyclic) bond motifs is 1. The van der Waals surface area contributed by atoms with E-state index in [0.717, 1.165) is 5.56 Å². The third-order valence-corrected chi connectivity index (χ3v) is 2.69. The van der Waals surface area contributed by atoms with Crippen molar-refractivity contribution in [3.63, 3.8) is 0 Å². The fourth-order valence-electron chi connectivity index (χ4n) is 1.82. The van der Waals surface area contributed by atoms with E-state index in [2.05, 4.69) is 4.98 Å². The molecule has 18 heavy (non-hydrogen) atoms. The summed E-state index contributed by atoms with van der Waals surface area (Å²) in [6.45, 7) is 0. The van der Waals surface area contributed by atoms with Crippen molar-refractivity contribution in [3.8, 4) is 11.1 Å². The summed E-state index contributed by atoms with van der Waals surface area (Å²) in [5.41, 5.74) is 0.929. The average Bonchev–Trinajstić information content (AvgIpc) is 2.39. The summed E-state index contributed by atoms with van der Waals surface area (Å²) in [5.74, 6) is -0.428. The Balaban J connectivity index is 2.29. The zero-order chi connectivity index (χ0) is 12.5. The van der Waals surface area contributed by atoms with Crippen LogP contribution in [0.25, 0.3) is 22.1 Å². The number of hydrogen-bond donors (Lipinski definition) is 0. The van der Waals surface area contributed by atoms with Gasteiger partial charge in [-0.15, -0.1) is 0 Å². The Morgan fingerprint density at radius 1 is 1.06 bits per heavy atom. The van der Waals surface area contributed by atoms with E-state index in [0.29, 0.717) is 10.9 Å². The number of rotatable bonds is 1. The SMILES string of the molecule is O=c1oc2cc(F)ccc2cc1-c1ccncc1. The van der Waals surface area contributed by atoms with Crippen molar-refractivity contribution in [2.24, 2.45) is 0 Å². The molecule has 0 unspecified atom stereocenters.